The van der Waals surface area contributed by atoms with Crippen LogP contribution in [0.1, 0.15) is 6.42 Å². The molecular weight excluding hydrogens is 246 g/mol. The molecule has 1 aliphatic heterocycles. The molecule has 0 fully saturated rings. The van der Waals surface area contributed by atoms with Crippen molar-refractivity contribution in [2.24, 2.45) is 0 Å². The Bertz CT molecular complexity index is 536. The molecule has 0 radical (unpaired) electrons. The van der Waals surface area contributed by atoms with Crippen molar-refractivity contribution >= 4 is 17.5 Å². The smallest absolute Gasteiger partial charge is 0.316 e. The van der Waals surface area contributed by atoms with Crippen LogP contribution in [-0.2, 0) is 9.59 Å². The van der Waals surface area contributed by atoms with Gasteiger partial charge in [-0.25, -0.2) is 0 Å². The molecule has 98 valence electrons. The van der Waals surface area contributed by atoms with Crippen LogP contribution < -0.4 is 15.0 Å². The van der Waals surface area contributed by atoms with E-state index in [-0.39, 0.29) is 6.54 Å². The molecule has 2 rings (SSSR count). The van der Waals surface area contributed by atoms with Crippen LogP contribution in [0.25, 0.3) is 0 Å². The maximum atomic E-state index is 12.1. The Morgan fingerprint density at radius 2 is 2.21 bits per heavy atom. The third-order valence-electron chi connectivity index (χ3n) is 2.71. The molecule has 1 aliphatic rings. The molecule has 0 bridgehead atoms. The Morgan fingerprint density at radius 3 is 3.00 bits per heavy atom. The fourth-order valence-electron chi connectivity index (χ4n) is 1.86. The molecule has 0 atom stereocenters. The minimum Gasteiger partial charge on any atom is -0.491 e. The van der Waals surface area contributed by atoms with Gasteiger partial charge in [-0.15, -0.1) is 0 Å². The molecule has 1 aromatic carbocycles. The highest BCUT2D eigenvalue weighted by atomic mass is 16.5. The molecule has 1 aromatic rings. The van der Waals surface area contributed by atoms with Crippen LogP contribution in [0, 0.1) is 11.3 Å². The third-order valence-corrected chi connectivity index (χ3v) is 2.71. The largest absolute Gasteiger partial charge is 0.491 e. The van der Waals surface area contributed by atoms with E-state index in [1.807, 2.05) is 6.07 Å². The first-order valence-electron chi connectivity index (χ1n) is 5.92. The fourth-order valence-corrected chi connectivity index (χ4v) is 1.86. The minimum absolute atomic E-state index is 0.184. The molecule has 0 saturated carbocycles. The van der Waals surface area contributed by atoms with Crippen molar-refractivity contribution in [3.8, 4) is 11.8 Å². The van der Waals surface area contributed by atoms with Crippen LogP contribution in [0.15, 0.2) is 24.3 Å². The molecule has 1 heterocycles. The van der Waals surface area contributed by atoms with E-state index in [9.17, 15) is 9.59 Å². The number of ether oxygens (including phenoxy) is 1. The van der Waals surface area contributed by atoms with Crippen molar-refractivity contribution in [3.63, 3.8) is 0 Å². The Hall–Kier alpha value is -2.55. The second-order valence-corrected chi connectivity index (χ2v) is 3.97. The first-order valence-corrected chi connectivity index (χ1v) is 5.92. The lowest BCUT2D eigenvalue weighted by molar-refractivity contribution is -0.137. The number of para-hydroxylation sites is 2. The highest BCUT2D eigenvalue weighted by Gasteiger charge is 2.26. The molecule has 0 aliphatic carbocycles. The predicted molar refractivity (Wildman–Crippen MR) is 67.5 cm³/mol. The van der Waals surface area contributed by atoms with Gasteiger partial charge in [0.2, 0.25) is 0 Å². The standard InChI is InChI=1S/C13H13N3O3/c14-6-7-15-12(17)13(18)16-8-3-9-19-11-5-2-1-4-10(11)16/h1-2,4-5H,3,7-9H2,(H,15,17). The molecular formula is C13H13N3O3. The number of carbonyl (C=O) groups excluding carboxylic acids is 2. The van der Waals surface area contributed by atoms with Crippen molar-refractivity contribution in [1.82, 2.24) is 5.32 Å². The summed E-state index contributed by atoms with van der Waals surface area (Å²) in [7, 11) is 0. The Morgan fingerprint density at radius 1 is 1.42 bits per heavy atom. The summed E-state index contributed by atoms with van der Waals surface area (Å²) in [6.07, 6.45) is 0.645. The summed E-state index contributed by atoms with van der Waals surface area (Å²) in [5.74, 6) is -0.868. The third kappa shape index (κ3) is 2.83. The molecule has 1 N–H and O–H groups in total. The average Bonchev–Trinajstić information content (AvgIpc) is 2.66. The number of benzene rings is 1. The van der Waals surface area contributed by atoms with Crippen molar-refractivity contribution in [2.75, 3.05) is 24.6 Å². The second-order valence-electron chi connectivity index (χ2n) is 3.97. The Kier molecular flexibility index (Phi) is 3.98. The lowest BCUT2D eigenvalue weighted by Crippen LogP contribution is -2.43. The second kappa shape index (κ2) is 5.87. The van der Waals surface area contributed by atoms with Crippen molar-refractivity contribution in [1.29, 1.82) is 5.26 Å². The summed E-state index contributed by atoms with van der Waals surface area (Å²) in [4.78, 5) is 25.1. The van der Waals surface area contributed by atoms with Gasteiger partial charge in [0.05, 0.1) is 18.4 Å². The lowest BCUT2D eigenvalue weighted by atomic mass is 10.2. The summed E-state index contributed by atoms with van der Waals surface area (Å²) in [6.45, 7) is 0.729. The minimum atomic E-state index is -0.779. The number of amides is 2. The molecule has 0 aromatic heterocycles. The van der Waals surface area contributed by atoms with Crippen LogP contribution in [-0.4, -0.2) is 31.5 Å². The van der Waals surface area contributed by atoms with Gasteiger partial charge in [0, 0.05) is 6.54 Å². The zero-order chi connectivity index (χ0) is 13.7. The molecule has 2 amide bonds. The average molecular weight is 259 g/mol. The quantitative estimate of drug-likeness (QED) is 0.586. The number of anilines is 1. The number of nitrogens with zero attached hydrogens (tertiary/aromatic N) is 2. The van der Waals surface area contributed by atoms with Gasteiger partial charge in [0.25, 0.3) is 0 Å². The molecule has 0 unspecified atom stereocenters. The number of carbonyl (C=O) groups is 2. The van der Waals surface area contributed by atoms with Gasteiger partial charge in [-0.1, -0.05) is 12.1 Å². The van der Waals surface area contributed by atoms with Gasteiger partial charge < -0.3 is 15.0 Å². The first kappa shape index (κ1) is 12.9. The van der Waals surface area contributed by atoms with Crippen LogP contribution >= 0.6 is 0 Å². The summed E-state index contributed by atoms with van der Waals surface area (Å²) in [6, 6.07) is 8.84. The zero-order valence-electron chi connectivity index (χ0n) is 10.3. The Labute approximate surface area is 110 Å². The van der Waals surface area contributed by atoms with Crippen LogP contribution in [0.2, 0.25) is 0 Å². The van der Waals surface area contributed by atoms with E-state index in [0.717, 1.165) is 0 Å². The van der Waals surface area contributed by atoms with Gasteiger partial charge in [-0.2, -0.15) is 5.26 Å². The molecule has 6 nitrogen and oxygen atoms in total. The number of rotatable bonds is 1. The number of hydrogen-bond donors (Lipinski definition) is 1. The summed E-state index contributed by atoms with van der Waals surface area (Å²) in [5, 5.41) is 10.6. The normalized spacial score (nSPS) is 13.5. The van der Waals surface area contributed by atoms with Gasteiger partial charge in [0.15, 0.2) is 0 Å². The maximum absolute atomic E-state index is 12.1. The summed E-state index contributed by atoms with van der Waals surface area (Å²) >= 11 is 0. The topological polar surface area (TPSA) is 82.4 Å². The number of hydrogen-bond acceptors (Lipinski definition) is 4. The van der Waals surface area contributed by atoms with Gasteiger partial charge in [0.1, 0.15) is 12.3 Å². The van der Waals surface area contributed by atoms with Crippen LogP contribution in [0.5, 0.6) is 5.75 Å². The highest BCUT2D eigenvalue weighted by Crippen LogP contribution is 2.30. The van der Waals surface area contributed by atoms with Crippen molar-refractivity contribution < 1.29 is 14.3 Å². The van der Waals surface area contributed by atoms with Gasteiger partial charge in [-0.3, -0.25) is 9.59 Å². The molecule has 6 heteroatoms. The number of nitriles is 1. The molecule has 19 heavy (non-hydrogen) atoms. The summed E-state index contributed by atoms with van der Waals surface area (Å²) < 4.78 is 5.51. The van der Waals surface area contributed by atoms with E-state index in [1.54, 1.807) is 24.3 Å². The number of fused-ring (bicyclic) bond motifs is 1. The SMILES string of the molecule is N#CCNC(=O)C(=O)N1CCCOc2ccccc21. The predicted octanol–water partition coefficient (Wildman–Crippen LogP) is 0.442. The first-order chi connectivity index (χ1) is 9.24. The maximum Gasteiger partial charge on any atom is 0.316 e. The highest BCUT2D eigenvalue weighted by molar-refractivity contribution is 6.40. The fraction of sp³-hybridized carbons (Fsp3) is 0.308. The monoisotopic (exact) mass is 259 g/mol. The van der Waals surface area contributed by atoms with E-state index in [2.05, 4.69) is 5.32 Å². The van der Waals surface area contributed by atoms with Crippen LogP contribution in [0.4, 0.5) is 5.69 Å². The molecule has 0 saturated heterocycles. The lowest BCUT2D eigenvalue weighted by Gasteiger charge is -2.20. The zero-order valence-corrected chi connectivity index (χ0v) is 10.3. The van der Waals surface area contributed by atoms with Crippen molar-refractivity contribution in [2.45, 2.75) is 6.42 Å². The van der Waals surface area contributed by atoms with Gasteiger partial charge in [-0.05, 0) is 18.6 Å². The van der Waals surface area contributed by atoms with Crippen molar-refractivity contribution in [3.05, 3.63) is 24.3 Å². The van der Waals surface area contributed by atoms with E-state index >= 15 is 0 Å². The summed E-state index contributed by atoms with van der Waals surface area (Å²) in [5.41, 5.74) is 0.581. The van der Waals surface area contributed by atoms with Crippen LogP contribution in [0.3, 0.4) is 0 Å². The Balaban J connectivity index is 2.22. The van der Waals surface area contributed by atoms with E-state index < -0.39 is 11.8 Å². The van der Waals surface area contributed by atoms with E-state index in [4.69, 9.17) is 10.00 Å². The van der Waals surface area contributed by atoms with E-state index in [1.165, 1.54) is 4.90 Å². The van der Waals surface area contributed by atoms with Gasteiger partial charge >= 0.3 is 11.8 Å². The van der Waals surface area contributed by atoms with E-state index in [0.29, 0.717) is 31.0 Å². The number of nitrogens with one attached hydrogen (secondary N) is 1. The molecule has 0 spiro atoms.